The van der Waals surface area contributed by atoms with E-state index in [-0.39, 0.29) is 11.7 Å². The molecule has 2 aromatic rings. The fourth-order valence-corrected chi connectivity index (χ4v) is 2.52. The number of benzene rings is 1. The molecule has 1 unspecified atom stereocenters. The van der Waals surface area contributed by atoms with E-state index in [9.17, 15) is 9.90 Å². The topological polar surface area (TPSA) is 75.4 Å². The van der Waals surface area contributed by atoms with Gasteiger partial charge in [0.1, 0.15) is 6.04 Å². The maximum atomic E-state index is 11.9. The Morgan fingerprint density at radius 2 is 2.17 bits per heavy atom. The maximum Gasteiger partial charge on any atom is 0.246 e. The minimum absolute atomic E-state index is 0.00997. The normalized spacial score (nSPS) is 12.1. The first-order valence-electron chi connectivity index (χ1n) is 5.17. The lowest BCUT2D eigenvalue weighted by Gasteiger charge is -2.12. The molecule has 0 aliphatic carbocycles. The van der Waals surface area contributed by atoms with Gasteiger partial charge in [0.15, 0.2) is 5.75 Å². The first-order chi connectivity index (χ1) is 8.59. The lowest BCUT2D eigenvalue weighted by molar-refractivity contribution is -0.117. The van der Waals surface area contributed by atoms with Gasteiger partial charge in [0.2, 0.25) is 5.91 Å². The van der Waals surface area contributed by atoms with Crippen molar-refractivity contribution in [3.8, 4) is 5.75 Å². The summed E-state index contributed by atoms with van der Waals surface area (Å²) in [6.07, 6.45) is 0. The molecule has 1 heterocycles. The van der Waals surface area contributed by atoms with Crippen molar-refractivity contribution in [2.24, 2.45) is 5.73 Å². The number of carbonyl (C=O) groups excluding carboxylic acids is 1. The number of hydrogen-bond donors (Lipinski definition) is 3. The van der Waals surface area contributed by atoms with Gasteiger partial charge in [-0.25, -0.2) is 0 Å². The first kappa shape index (κ1) is 13.1. The Balaban J connectivity index is 2.14. The Morgan fingerprint density at radius 3 is 2.83 bits per heavy atom. The second kappa shape index (κ2) is 5.51. The van der Waals surface area contributed by atoms with Gasteiger partial charge < -0.3 is 16.2 Å². The molecule has 1 aromatic carbocycles. The third-order valence-corrected chi connectivity index (χ3v) is 3.97. The number of thiophene rings is 1. The van der Waals surface area contributed by atoms with Gasteiger partial charge in [-0.3, -0.25) is 4.79 Å². The van der Waals surface area contributed by atoms with Crippen molar-refractivity contribution in [1.82, 2.24) is 0 Å². The number of halogens is 1. The molecule has 0 aliphatic rings. The highest BCUT2D eigenvalue weighted by Gasteiger charge is 2.18. The molecule has 0 radical (unpaired) electrons. The molecule has 0 fully saturated rings. The predicted molar refractivity (Wildman–Crippen MR) is 75.7 cm³/mol. The number of carbonyl (C=O) groups is 1. The standard InChI is InChI=1S/C12H11BrN2O2S/c13-7-3-1-4-8(11(7)16)15-12(17)10(14)9-5-2-6-18-9/h1-6,10,16H,14H2,(H,15,17). The Kier molecular flexibility index (Phi) is 4.00. The summed E-state index contributed by atoms with van der Waals surface area (Å²) in [4.78, 5) is 12.7. The number of phenols is 1. The summed E-state index contributed by atoms with van der Waals surface area (Å²) in [5.74, 6) is -0.366. The van der Waals surface area contributed by atoms with E-state index in [0.29, 0.717) is 10.2 Å². The Labute approximate surface area is 117 Å². The molecule has 18 heavy (non-hydrogen) atoms. The van der Waals surface area contributed by atoms with Gasteiger partial charge >= 0.3 is 0 Å². The summed E-state index contributed by atoms with van der Waals surface area (Å²) in [5, 5.41) is 14.2. The molecule has 0 saturated heterocycles. The van der Waals surface area contributed by atoms with E-state index in [1.54, 1.807) is 24.3 Å². The summed E-state index contributed by atoms with van der Waals surface area (Å²) in [5.41, 5.74) is 6.16. The SMILES string of the molecule is NC(C(=O)Nc1cccc(Br)c1O)c1cccs1. The minimum atomic E-state index is -0.733. The van der Waals surface area contributed by atoms with Crippen molar-refractivity contribution < 1.29 is 9.90 Å². The number of nitrogens with two attached hydrogens (primary N) is 1. The molecule has 1 aromatic heterocycles. The lowest BCUT2D eigenvalue weighted by Crippen LogP contribution is -2.27. The predicted octanol–water partition coefficient (Wildman–Crippen LogP) is 2.85. The molecule has 0 aliphatic heterocycles. The third-order valence-electron chi connectivity index (χ3n) is 2.38. The van der Waals surface area contributed by atoms with Crippen LogP contribution >= 0.6 is 27.3 Å². The molecule has 4 N–H and O–H groups in total. The Morgan fingerprint density at radius 1 is 1.39 bits per heavy atom. The summed E-state index contributed by atoms with van der Waals surface area (Å²) >= 11 is 4.60. The zero-order valence-electron chi connectivity index (χ0n) is 9.26. The van der Waals surface area contributed by atoms with Crippen LogP contribution in [0.5, 0.6) is 5.75 Å². The maximum absolute atomic E-state index is 11.9. The molecule has 0 saturated carbocycles. The summed E-state index contributed by atoms with van der Waals surface area (Å²) < 4.78 is 0.519. The highest BCUT2D eigenvalue weighted by Crippen LogP contribution is 2.32. The molecule has 6 heteroatoms. The van der Waals surface area contributed by atoms with E-state index in [1.165, 1.54) is 11.3 Å². The summed E-state index contributed by atoms with van der Waals surface area (Å²) in [6.45, 7) is 0. The second-order valence-corrected chi connectivity index (χ2v) is 5.45. The molecule has 94 valence electrons. The van der Waals surface area contributed by atoms with Crippen LogP contribution in [0.25, 0.3) is 0 Å². The van der Waals surface area contributed by atoms with E-state index >= 15 is 0 Å². The van der Waals surface area contributed by atoms with Crippen molar-refractivity contribution in [3.63, 3.8) is 0 Å². The van der Waals surface area contributed by atoms with Crippen molar-refractivity contribution in [2.75, 3.05) is 5.32 Å². The average Bonchev–Trinajstić information content (AvgIpc) is 2.87. The smallest absolute Gasteiger partial charge is 0.246 e. The molecule has 0 bridgehead atoms. The van der Waals surface area contributed by atoms with Gasteiger partial charge in [-0.2, -0.15) is 0 Å². The molecule has 1 atom stereocenters. The zero-order chi connectivity index (χ0) is 13.1. The van der Waals surface area contributed by atoms with Crippen LogP contribution in [-0.4, -0.2) is 11.0 Å². The molecular formula is C12H11BrN2O2S. The number of anilines is 1. The van der Waals surface area contributed by atoms with Crippen LogP contribution < -0.4 is 11.1 Å². The molecule has 0 spiro atoms. The first-order valence-corrected chi connectivity index (χ1v) is 6.84. The number of nitrogens with one attached hydrogen (secondary N) is 1. The number of para-hydroxylation sites is 1. The van der Waals surface area contributed by atoms with Crippen LogP contribution in [0, 0.1) is 0 Å². The quantitative estimate of drug-likeness (QED) is 0.759. The molecule has 4 nitrogen and oxygen atoms in total. The van der Waals surface area contributed by atoms with E-state index in [4.69, 9.17) is 5.73 Å². The van der Waals surface area contributed by atoms with Gasteiger partial charge in [0.25, 0.3) is 0 Å². The van der Waals surface area contributed by atoms with E-state index in [1.807, 2.05) is 11.4 Å². The van der Waals surface area contributed by atoms with E-state index in [2.05, 4.69) is 21.2 Å². The fraction of sp³-hybridized carbons (Fsp3) is 0.0833. The number of aromatic hydroxyl groups is 1. The highest BCUT2D eigenvalue weighted by molar-refractivity contribution is 9.10. The molecular weight excluding hydrogens is 316 g/mol. The number of rotatable bonds is 3. The van der Waals surface area contributed by atoms with Crippen molar-refractivity contribution in [1.29, 1.82) is 0 Å². The van der Waals surface area contributed by atoms with Crippen LogP contribution in [0.1, 0.15) is 10.9 Å². The third kappa shape index (κ3) is 2.72. The monoisotopic (exact) mass is 326 g/mol. The second-order valence-electron chi connectivity index (χ2n) is 3.62. The fourth-order valence-electron chi connectivity index (χ4n) is 1.42. The lowest BCUT2D eigenvalue weighted by atomic mass is 10.2. The van der Waals surface area contributed by atoms with Crippen LogP contribution in [0.4, 0.5) is 5.69 Å². The molecule has 2 rings (SSSR count). The number of hydrogen-bond acceptors (Lipinski definition) is 4. The van der Waals surface area contributed by atoms with Crippen molar-refractivity contribution in [2.45, 2.75) is 6.04 Å². The van der Waals surface area contributed by atoms with Crippen molar-refractivity contribution >= 4 is 38.9 Å². The molecule has 1 amide bonds. The Hall–Kier alpha value is -1.37. The van der Waals surface area contributed by atoms with Crippen LogP contribution in [-0.2, 0) is 4.79 Å². The average molecular weight is 327 g/mol. The summed E-state index contributed by atoms with van der Waals surface area (Å²) in [7, 11) is 0. The summed E-state index contributed by atoms with van der Waals surface area (Å²) in [6, 6.07) is 7.92. The van der Waals surface area contributed by atoms with Gasteiger partial charge in [0.05, 0.1) is 10.2 Å². The van der Waals surface area contributed by atoms with Crippen LogP contribution in [0.15, 0.2) is 40.2 Å². The largest absolute Gasteiger partial charge is 0.505 e. The van der Waals surface area contributed by atoms with Gasteiger partial charge in [0, 0.05) is 4.88 Å². The zero-order valence-corrected chi connectivity index (χ0v) is 11.7. The van der Waals surface area contributed by atoms with Gasteiger partial charge in [-0.1, -0.05) is 12.1 Å². The number of amides is 1. The highest BCUT2D eigenvalue weighted by atomic mass is 79.9. The minimum Gasteiger partial charge on any atom is -0.505 e. The van der Waals surface area contributed by atoms with Gasteiger partial charge in [-0.15, -0.1) is 11.3 Å². The van der Waals surface area contributed by atoms with E-state index < -0.39 is 6.04 Å². The van der Waals surface area contributed by atoms with Crippen LogP contribution in [0.2, 0.25) is 0 Å². The van der Waals surface area contributed by atoms with Crippen molar-refractivity contribution in [3.05, 3.63) is 45.1 Å². The van der Waals surface area contributed by atoms with Crippen LogP contribution in [0.3, 0.4) is 0 Å². The Bertz CT molecular complexity index is 557. The van der Waals surface area contributed by atoms with Gasteiger partial charge in [-0.05, 0) is 39.5 Å². The number of phenolic OH excluding ortho intramolecular Hbond substituents is 1. The van der Waals surface area contributed by atoms with E-state index in [0.717, 1.165) is 4.88 Å².